The highest BCUT2D eigenvalue weighted by atomic mass is 35.5. The van der Waals surface area contributed by atoms with Gasteiger partial charge in [-0.05, 0) is 42.0 Å². The highest BCUT2D eigenvalue weighted by molar-refractivity contribution is 6.33. The van der Waals surface area contributed by atoms with E-state index in [1.54, 1.807) is 36.4 Å². The third-order valence-electron chi connectivity index (χ3n) is 4.18. The Morgan fingerprint density at radius 1 is 1.06 bits per heavy atom. The summed E-state index contributed by atoms with van der Waals surface area (Å²) in [6.45, 7) is 0. The van der Waals surface area contributed by atoms with Gasteiger partial charge in [-0.25, -0.2) is 10.2 Å². The maximum atomic E-state index is 12.4. The van der Waals surface area contributed by atoms with Crippen molar-refractivity contribution < 1.29 is 24.0 Å². The third-order valence-corrected chi connectivity index (χ3v) is 4.51. The van der Waals surface area contributed by atoms with Crippen LogP contribution < -0.4 is 14.9 Å². The highest BCUT2D eigenvalue weighted by Gasteiger charge is 2.15. The molecule has 0 atom stereocenters. The number of benzene rings is 3. The number of nitro benzene ring substituents is 1. The second-order valence-electron chi connectivity index (χ2n) is 6.29. The van der Waals surface area contributed by atoms with Gasteiger partial charge >= 0.3 is 5.97 Å². The molecule has 0 fully saturated rings. The fourth-order valence-corrected chi connectivity index (χ4v) is 2.83. The van der Waals surface area contributed by atoms with Crippen LogP contribution >= 0.6 is 11.6 Å². The van der Waals surface area contributed by atoms with Gasteiger partial charge in [0.05, 0.1) is 28.8 Å². The summed E-state index contributed by atoms with van der Waals surface area (Å²) in [7, 11) is 1.41. The molecule has 1 amide bonds. The number of rotatable bonds is 7. The fourth-order valence-electron chi connectivity index (χ4n) is 2.62. The van der Waals surface area contributed by atoms with Crippen molar-refractivity contribution in [2.45, 2.75) is 0 Å². The molecule has 0 radical (unpaired) electrons. The molecule has 0 spiro atoms. The predicted octanol–water partition coefficient (Wildman–Crippen LogP) is 4.24. The van der Waals surface area contributed by atoms with Crippen molar-refractivity contribution in [2.75, 3.05) is 7.11 Å². The molecule has 0 aliphatic rings. The summed E-state index contributed by atoms with van der Waals surface area (Å²) in [5.74, 6) is -0.809. The van der Waals surface area contributed by atoms with Crippen molar-refractivity contribution in [3.05, 3.63) is 98.6 Å². The number of amides is 1. The second kappa shape index (κ2) is 10.2. The lowest BCUT2D eigenvalue weighted by Crippen LogP contribution is -2.17. The van der Waals surface area contributed by atoms with E-state index in [9.17, 15) is 19.7 Å². The number of carbonyl (C=O) groups is 2. The lowest BCUT2D eigenvalue weighted by Gasteiger charge is -2.10. The van der Waals surface area contributed by atoms with Crippen LogP contribution in [0.5, 0.6) is 11.5 Å². The van der Waals surface area contributed by atoms with Gasteiger partial charge in [0.15, 0.2) is 11.5 Å². The Labute approximate surface area is 187 Å². The van der Waals surface area contributed by atoms with E-state index >= 15 is 0 Å². The maximum absolute atomic E-state index is 12.4. The van der Waals surface area contributed by atoms with Crippen molar-refractivity contribution in [3.8, 4) is 11.5 Å². The summed E-state index contributed by atoms with van der Waals surface area (Å²) < 4.78 is 10.6. The Hall–Kier alpha value is -4.24. The van der Waals surface area contributed by atoms with E-state index in [2.05, 4.69) is 10.5 Å². The van der Waals surface area contributed by atoms with Gasteiger partial charge in [0, 0.05) is 17.7 Å². The minimum Gasteiger partial charge on any atom is -0.493 e. The number of carbonyl (C=O) groups excluding carboxylic acids is 2. The molecule has 162 valence electrons. The molecule has 32 heavy (non-hydrogen) atoms. The third kappa shape index (κ3) is 5.46. The van der Waals surface area contributed by atoms with Crippen LogP contribution in [0.4, 0.5) is 5.69 Å². The van der Waals surface area contributed by atoms with E-state index in [0.29, 0.717) is 5.56 Å². The molecular weight excluding hydrogens is 438 g/mol. The summed E-state index contributed by atoms with van der Waals surface area (Å²) in [6, 6.07) is 16.4. The Morgan fingerprint density at radius 3 is 2.56 bits per heavy atom. The van der Waals surface area contributed by atoms with E-state index in [1.807, 2.05) is 0 Å². The molecule has 0 aromatic heterocycles. The smallest absolute Gasteiger partial charge is 0.345 e. The van der Waals surface area contributed by atoms with Gasteiger partial charge in [-0.3, -0.25) is 14.9 Å². The van der Waals surface area contributed by atoms with Crippen molar-refractivity contribution >= 4 is 35.4 Å². The van der Waals surface area contributed by atoms with Crippen molar-refractivity contribution in [2.24, 2.45) is 5.10 Å². The molecule has 0 aliphatic carbocycles. The molecule has 1 N–H and O–H groups in total. The monoisotopic (exact) mass is 453 g/mol. The molecule has 3 aromatic rings. The summed E-state index contributed by atoms with van der Waals surface area (Å²) in [5.41, 5.74) is 2.94. The van der Waals surface area contributed by atoms with Crippen molar-refractivity contribution in [1.82, 2.24) is 5.43 Å². The number of esters is 1. The van der Waals surface area contributed by atoms with Gasteiger partial charge in [-0.2, -0.15) is 5.10 Å². The molecule has 9 nitrogen and oxygen atoms in total. The topological polar surface area (TPSA) is 120 Å². The molecule has 3 rings (SSSR count). The average molecular weight is 454 g/mol. The summed E-state index contributed by atoms with van der Waals surface area (Å²) in [4.78, 5) is 34.7. The van der Waals surface area contributed by atoms with Crippen LogP contribution in [0.2, 0.25) is 5.02 Å². The lowest BCUT2D eigenvalue weighted by molar-refractivity contribution is -0.384. The fraction of sp³-hybridized carbons (Fsp3) is 0.0455. The number of ether oxygens (including phenoxy) is 2. The number of halogens is 1. The minimum atomic E-state index is -0.639. The molecule has 10 heteroatoms. The van der Waals surface area contributed by atoms with E-state index in [0.717, 1.165) is 6.07 Å². The molecule has 3 aromatic carbocycles. The van der Waals surface area contributed by atoms with Crippen LogP contribution in [0.25, 0.3) is 0 Å². The number of nitrogens with zero attached hydrogens (tertiary/aromatic N) is 2. The number of hydrogen-bond acceptors (Lipinski definition) is 7. The molecule has 0 heterocycles. The number of hydrazone groups is 1. The standard InChI is InChI=1S/C22H16ClN3O6/c1-31-20-11-14(9-10-19(20)32-22(28)17-7-2-3-8-18(17)23)13-24-25-21(27)15-5-4-6-16(12-15)26(29)30/h2-13H,1H3,(H,25,27)/b24-13+. The summed E-state index contributed by atoms with van der Waals surface area (Å²) in [6.07, 6.45) is 1.34. The number of non-ortho nitro benzene ring substituents is 1. The predicted molar refractivity (Wildman–Crippen MR) is 118 cm³/mol. The molecule has 0 saturated carbocycles. The summed E-state index contributed by atoms with van der Waals surface area (Å²) >= 11 is 6.02. The second-order valence-corrected chi connectivity index (χ2v) is 6.69. The maximum Gasteiger partial charge on any atom is 0.345 e. The molecule has 0 unspecified atom stereocenters. The Balaban J connectivity index is 1.69. The number of nitrogens with one attached hydrogen (secondary N) is 1. The average Bonchev–Trinajstić information content (AvgIpc) is 2.80. The van der Waals surface area contributed by atoms with Crippen LogP contribution in [-0.4, -0.2) is 30.1 Å². The van der Waals surface area contributed by atoms with Gasteiger partial charge < -0.3 is 9.47 Å². The first-order chi connectivity index (χ1) is 15.4. The Bertz CT molecular complexity index is 1210. The van der Waals surface area contributed by atoms with Crippen LogP contribution in [0.3, 0.4) is 0 Å². The Kier molecular flexibility index (Phi) is 7.14. The summed E-state index contributed by atoms with van der Waals surface area (Å²) in [5, 5.41) is 14.9. The van der Waals surface area contributed by atoms with Gasteiger partial charge in [0.25, 0.3) is 11.6 Å². The Morgan fingerprint density at radius 2 is 1.84 bits per heavy atom. The molecule has 0 bridgehead atoms. The number of methoxy groups -OCH3 is 1. The molecule has 0 aliphatic heterocycles. The number of hydrogen-bond donors (Lipinski definition) is 1. The van der Waals surface area contributed by atoms with E-state index < -0.39 is 16.8 Å². The molecular formula is C22H16ClN3O6. The minimum absolute atomic E-state index is 0.0933. The van der Waals surface area contributed by atoms with Crippen LogP contribution in [0, 0.1) is 10.1 Å². The van der Waals surface area contributed by atoms with Gasteiger partial charge in [-0.15, -0.1) is 0 Å². The van der Waals surface area contributed by atoms with Gasteiger partial charge in [-0.1, -0.05) is 29.8 Å². The van der Waals surface area contributed by atoms with Crippen LogP contribution in [0.15, 0.2) is 71.8 Å². The largest absolute Gasteiger partial charge is 0.493 e. The van der Waals surface area contributed by atoms with Crippen molar-refractivity contribution in [1.29, 1.82) is 0 Å². The lowest BCUT2D eigenvalue weighted by atomic mass is 10.2. The zero-order chi connectivity index (χ0) is 23.1. The number of nitro groups is 1. The van der Waals surface area contributed by atoms with E-state index in [4.69, 9.17) is 21.1 Å². The molecule has 0 saturated heterocycles. The SMILES string of the molecule is COc1cc(/C=N/NC(=O)c2cccc([N+](=O)[O-])c2)ccc1OC(=O)c1ccccc1Cl. The highest BCUT2D eigenvalue weighted by Crippen LogP contribution is 2.29. The first kappa shape index (κ1) is 22.4. The van der Waals surface area contributed by atoms with Gasteiger partial charge in [0.1, 0.15) is 0 Å². The first-order valence-corrected chi connectivity index (χ1v) is 9.49. The zero-order valence-electron chi connectivity index (χ0n) is 16.7. The van der Waals surface area contributed by atoms with Crippen LogP contribution in [-0.2, 0) is 0 Å². The van der Waals surface area contributed by atoms with Crippen molar-refractivity contribution in [3.63, 3.8) is 0 Å². The van der Waals surface area contributed by atoms with Gasteiger partial charge in [0.2, 0.25) is 0 Å². The quantitative estimate of drug-likeness (QED) is 0.188. The normalized spacial score (nSPS) is 10.6. The zero-order valence-corrected chi connectivity index (χ0v) is 17.4. The van der Waals surface area contributed by atoms with E-state index in [-0.39, 0.29) is 33.3 Å². The first-order valence-electron chi connectivity index (χ1n) is 9.11. The van der Waals surface area contributed by atoms with Crippen LogP contribution in [0.1, 0.15) is 26.3 Å². The van der Waals surface area contributed by atoms with E-state index in [1.165, 1.54) is 37.6 Å².